The molecule has 3 aliphatic heterocycles. The third-order valence-corrected chi connectivity index (χ3v) is 7.81. The fourth-order valence-electron chi connectivity index (χ4n) is 5.63. The molecule has 3 unspecified atom stereocenters. The van der Waals surface area contributed by atoms with Crippen molar-refractivity contribution in [3.63, 3.8) is 0 Å². The number of ether oxygens (including phenoxy) is 3. The van der Waals surface area contributed by atoms with Crippen LogP contribution in [0.4, 0.5) is 10.2 Å². The maximum absolute atomic E-state index is 15.5. The molecule has 0 amide bonds. The summed E-state index contributed by atoms with van der Waals surface area (Å²) in [6, 6.07) is 6.60. The van der Waals surface area contributed by atoms with Crippen molar-refractivity contribution < 1.29 is 23.7 Å². The lowest BCUT2D eigenvalue weighted by Gasteiger charge is -2.43. The number of hydrogen-bond donors (Lipinski definition) is 1. The zero-order chi connectivity index (χ0) is 25.5. The third kappa shape index (κ3) is 4.65. The van der Waals surface area contributed by atoms with Gasteiger partial charge in [0.25, 0.3) is 0 Å². The van der Waals surface area contributed by atoms with Crippen LogP contribution in [0.1, 0.15) is 23.5 Å². The first kappa shape index (κ1) is 24.5. The van der Waals surface area contributed by atoms with Gasteiger partial charge in [0, 0.05) is 37.0 Å². The van der Waals surface area contributed by atoms with Crippen molar-refractivity contribution >= 4 is 16.7 Å². The van der Waals surface area contributed by atoms with Crippen molar-refractivity contribution in [3.8, 4) is 11.8 Å². The van der Waals surface area contributed by atoms with E-state index in [2.05, 4.69) is 32.1 Å². The highest BCUT2D eigenvalue weighted by atomic mass is 19.1. The second-order valence-electron chi connectivity index (χ2n) is 10.1. The van der Waals surface area contributed by atoms with Gasteiger partial charge in [0.1, 0.15) is 12.0 Å². The molecule has 10 nitrogen and oxygen atoms in total. The summed E-state index contributed by atoms with van der Waals surface area (Å²) in [5, 5.41) is 15.1. The van der Waals surface area contributed by atoms with Crippen LogP contribution in [-0.4, -0.2) is 108 Å². The average molecular weight is 513 g/mol. The Hall–Kier alpha value is -2.86. The summed E-state index contributed by atoms with van der Waals surface area (Å²) in [6.07, 6.45) is 1.37. The molecule has 1 N–H and O–H groups in total. The van der Waals surface area contributed by atoms with Gasteiger partial charge in [-0.25, -0.2) is 9.07 Å². The highest BCUT2D eigenvalue weighted by Gasteiger charge is 2.36. The molecule has 0 bridgehead atoms. The van der Waals surface area contributed by atoms with Gasteiger partial charge in [-0.2, -0.15) is 15.1 Å². The lowest BCUT2D eigenvalue weighted by atomic mass is 9.84. The number of likely N-dealkylation sites (tertiary alicyclic amines) is 1. The Kier molecular flexibility index (Phi) is 6.70. The first-order chi connectivity index (χ1) is 18.0. The minimum atomic E-state index is -0.937. The Labute approximate surface area is 214 Å². The maximum Gasteiger partial charge on any atom is 0.320 e. The summed E-state index contributed by atoms with van der Waals surface area (Å²) >= 11 is 0. The molecule has 1 aromatic carbocycles. The Morgan fingerprint density at radius 1 is 1.14 bits per heavy atom. The van der Waals surface area contributed by atoms with E-state index in [-0.39, 0.29) is 24.6 Å². The fraction of sp³-hybridized carbons (Fsp3) is 0.577. The Morgan fingerprint density at radius 3 is 2.70 bits per heavy atom. The number of aliphatic hydroxyl groups excluding tert-OH is 1. The Balaban J connectivity index is 1.33. The molecule has 3 saturated heterocycles. The number of alkyl halides is 1. The van der Waals surface area contributed by atoms with E-state index in [4.69, 9.17) is 14.2 Å². The van der Waals surface area contributed by atoms with Gasteiger partial charge >= 0.3 is 6.01 Å². The molecule has 3 aromatic rings. The van der Waals surface area contributed by atoms with Gasteiger partial charge in [-0.15, -0.1) is 0 Å². The summed E-state index contributed by atoms with van der Waals surface area (Å²) < 4.78 is 33.6. The summed E-state index contributed by atoms with van der Waals surface area (Å²) in [5.41, 5.74) is 2.96. The normalized spacial score (nSPS) is 25.4. The smallest absolute Gasteiger partial charge is 0.320 e. The molecular weight excluding hydrogens is 479 g/mol. The number of methoxy groups -OCH3 is 1. The largest absolute Gasteiger partial charge is 0.467 e. The molecule has 5 heterocycles. The number of aliphatic hydroxyl groups is 1. The van der Waals surface area contributed by atoms with Crippen molar-refractivity contribution in [3.05, 3.63) is 35.5 Å². The molecule has 0 aliphatic carbocycles. The van der Waals surface area contributed by atoms with Crippen LogP contribution in [0.3, 0.4) is 0 Å². The number of aromatic nitrogens is 4. The van der Waals surface area contributed by atoms with E-state index < -0.39 is 6.17 Å². The quantitative estimate of drug-likeness (QED) is 0.531. The Morgan fingerprint density at radius 2 is 1.97 bits per heavy atom. The van der Waals surface area contributed by atoms with Gasteiger partial charge in [-0.3, -0.25) is 4.90 Å². The van der Waals surface area contributed by atoms with Crippen molar-refractivity contribution in [2.24, 2.45) is 0 Å². The molecule has 3 aliphatic rings. The molecular formula is C26H33FN6O4. The second-order valence-corrected chi connectivity index (χ2v) is 10.1. The molecule has 3 fully saturated rings. The molecule has 11 heteroatoms. The number of rotatable bonds is 6. The number of piperidine rings is 1. The predicted molar refractivity (Wildman–Crippen MR) is 135 cm³/mol. The van der Waals surface area contributed by atoms with E-state index in [0.29, 0.717) is 57.1 Å². The minimum Gasteiger partial charge on any atom is -0.467 e. The van der Waals surface area contributed by atoms with Crippen molar-refractivity contribution in [2.75, 3.05) is 64.6 Å². The molecule has 37 heavy (non-hydrogen) atoms. The number of halogens is 1. The van der Waals surface area contributed by atoms with Gasteiger partial charge < -0.3 is 24.2 Å². The van der Waals surface area contributed by atoms with Crippen LogP contribution < -0.4 is 9.64 Å². The molecule has 2 aromatic heterocycles. The fourth-order valence-corrected chi connectivity index (χ4v) is 5.63. The lowest BCUT2D eigenvalue weighted by Crippen LogP contribution is -2.54. The number of aryl methyl sites for hydroxylation is 1. The third-order valence-electron chi connectivity index (χ3n) is 7.81. The van der Waals surface area contributed by atoms with Crippen molar-refractivity contribution in [1.82, 2.24) is 24.6 Å². The van der Waals surface area contributed by atoms with Gasteiger partial charge in [0.05, 0.1) is 57.4 Å². The molecule has 0 spiro atoms. The van der Waals surface area contributed by atoms with E-state index in [1.54, 1.807) is 4.68 Å². The van der Waals surface area contributed by atoms with Crippen LogP contribution in [0, 0.1) is 6.92 Å². The number of benzene rings is 1. The molecule has 6 rings (SSSR count). The van der Waals surface area contributed by atoms with E-state index in [1.807, 2.05) is 24.1 Å². The second kappa shape index (κ2) is 10.1. The first-order valence-electron chi connectivity index (χ1n) is 12.9. The number of fused-ring (bicyclic) bond motifs is 1. The SMILES string of the molecule is COc1nc(N2CCOC(CO)C2)cc(-n2ncc3cc(C)c(C4CCN(C5COC5)CC4F)cc32)n1. The zero-order valence-electron chi connectivity index (χ0n) is 21.2. The summed E-state index contributed by atoms with van der Waals surface area (Å²) in [5.74, 6) is 1.08. The van der Waals surface area contributed by atoms with E-state index in [9.17, 15) is 5.11 Å². The Bertz CT molecular complexity index is 1270. The first-order valence-corrected chi connectivity index (χ1v) is 12.9. The van der Waals surface area contributed by atoms with Crippen LogP contribution >= 0.6 is 0 Å². The highest BCUT2D eigenvalue weighted by Crippen LogP contribution is 2.36. The number of morpholine rings is 1. The van der Waals surface area contributed by atoms with E-state index in [1.165, 1.54) is 7.11 Å². The van der Waals surface area contributed by atoms with Crippen molar-refractivity contribution in [1.29, 1.82) is 0 Å². The van der Waals surface area contributed by atoms with Crippen molar-refractivity contribution in [2.45, 2.75) is 37.6 Å². The van der Waals surface area contributed by atoms with E-state index >= 15 is 4.39 Å². The summed E-state index contributed by atoms with van der Waals surface area (Å²) in [6.45, 7) is 6.37. The lowest BCUT2D eigenvalue weighted by molar-refractivity contribution is -0.0807. The monoisotopic (exact) mass is 512 g/mol. The predicted octanol–water partition coefficient (Wildman–Crippen LogP) is 1.86. The van der Waals surface area contributed by atoms with Crippen LogP contribution in [0.25, 0.3) is 16.7 Å². The molecule has 3 atom stereocenters. The topological polar surface area (TPSA) is 98.0 Å². The molecule has 0 saturated carbocycles. The summed E-state index contributed by atoms with van der Waals surface area (Å²) in [7, 11) is 1.53. The van der Waals surface area contributed by atoms with Crippen LogP contribution in [-0.2, 0) is 9.47 Å². The zero-order valence-corrected chi connectivity index (χ0v) is 21.2. The summed E-state index contributed by atoms with van der Waals surface area (Å²) in [4.78, 5) is 13.4. The molecule has 198 valence electrons. The van der Waals surface area contributed by atoms with Gasteiger partial charge in [0.15, 0.2) is 5.82 Å². The highest BCUT2D eigenvalue weighted by molar-refractivity contribution is 5.82. The van der Waals surface area contributed by atoms with Crippen LogP contribution in [0.15, 0.2) is 24.4 Å². The van der Waals surface area contributed by atoms with Gasteiger partial charge in [-0.05, 0) is 43.1 Å². The standard InChI is InChI=1S/C26H33FN6O4/c1-16-7-17-10-28-33(23(17)8-21(16)20-3-4-31(12-22(20)27)18-14-36-15-18)25-9-24(29-26(30-25)35-2)32-5-6-37-19(11-32)13-34/h7-10,18-20,22,34H,3-6,11-15H2,1-2H3. The van der Waals surface area contributed by atoms with Crippen LogP contribution in [0.2, 0.25) is 0 Å². The number of nitrogens with zero attached hydrogens (tertiary/aromatic N) is 6. The van der Waals surface area contributed by atoms with Gasteiger partial charge in [-0.1, -0.05) is 0 Å². The number of anilines is 1. The maximum atomic E-state index is 15.5. The average Bonchev–Trinajstić information content (AvgIpc) is 3.30. The minimum absolute atomic E-state index is 0.0551. The van der Waals surface area contributed by atoms with E-state index in [0.717, 1.165) is 35.0 Å². The number of hydrogen-bond acceptors (Lipinski definition) is 9. The van der Waals surface area contributed by atoms with Crippen LogP contribution in [0.5, 0.6) is 6.01 Å². The molecule has 0 radical (unpaired) electrons. The van der Waals surface area contributed by atoms with Gasteiger partial charge in [0.2, 0.25) is 0 Å².